The van der Waals surface area contributed by atoms with Crippen LogP contribution in [-0.2, 0) is 19.1 Å². The molecular formula is C29H28N2O6S. The average Bonchev–Trinajstić information content (AvgIpc) is 2.92. The van der Waals surface area contributed by atoms with E-state index in [1.807, 2.05) is 0 Å². The zero-order valence-electron chi connectivity index (χ0n) is 21.1. The summed E-state index contributed by atoms with van der Waals surface area (Å²) in [6.45, 7) is 1.91. The minimum atomic E-state index is -0.548. The van der Waals surface area contributed by atoms with Crippen molar-refractivity contribution in [2.45, 2.75) is 18.2 Å². The van der Waals surface area contributed by atoms with Crippen molar-refractivity contribution in [3.05, 3.63) is 95.7 Å². The molecule has 0 aliphatic heterocycles. The van der Waals surface area contributed by atoms with Crippen molar-refractivity contribution >= 4 is 47.1 Å². The number of methoxy groups -OCH3 is 1. The Morgan fingerprint density at radius 3 is 2.34 bits per heavy atom. The zero-order valence-corrected chi connectivity index (χ0v) is 21.9. The molecule has 0 unspecified atom stereocenters. The number of hydrogen-bond acceptors (Lipinski definition) is 7. The van der Waals surface area contributed by atoms with Gasteiger partial charge in [-0.3, -0.25) is 19.2 Å². The van der Waals surface area contributed by atoms with E-state index in [4.69, 9.17) is 9.47 Å². The van der Waals surface area contributed by atoms with E-state index in [-0.39, 0.29) is 30.3 Å². The van der Waals surface area contributed by atoms with Gasteiger partial charge in [0.2, 0.25) is 0 Å². The van der Waals surface area contributed by atoms with Crippen molar-refractivity contribution in [1.82, 2.24) is 5.32 Å². The minimum Gasteiger partial charge on any atom is -0.497 e. The fraction of sp³-hybridized carbons (Fsp3) is 0.172. The van der Waals surface area contributed by atoms with E-state index < -0.39 is 17.8 Å². The maximum atomic E-state index is 13.2. The van der Waals surface area contributed by atoms with E-state index in [0.717, 1.165) is 4.90 Å². The first-order chi connectivity index (χ1) is 18.4. The molecule has 196 valence electrons. The van der Waals surface area contributed by atoms with Crippen LogP contribution < -0.4 is 15.4 Å². The lowest BCUT2D eigenvalue weighted by Gasteiger charge is -2.12. The van der Waals surface area contributed by atoms with E-state index in [0.29, 0.717) is 22.6 Å². The summed E-state index contributed by atoms with van der Waals surface area (Å²) in [5, 5.41) is 5.50. The third-order valence-electron chi connectivity index (χ3n) is 5.09. The molecule has 0 heterocycles. The topological polar surface area (TPSA) is 111 Å². The molecule has 38 heavy (non-hydrogen) atoms. The first-order valence-electron chi connectivity index (χ1n) is 11.8. The summed E-state index contributed by atoms with van der Waals surface area (Å²) in [5.41, 5.74) is 1.62. The van der Waals surface area contributed by atoms with E-state index in [2.05, 4.69) is 10.6 Å². The number of thioether (sulfide) groups is 1. The first kappa shape index (κ1) is 28.2. The van der Waals surface area contributed by atoms with Gasteiger partial charge in [-0.2, -0.15) is 0 Å². The van der Waals surface area contributed by atoms with Crippen LogP contribution in [0.15, 0.2) is 89.5 Å². The largest absolute Gasteiger partial charge is 0.497 e. The highest BCUT2D eigenvalue weighted by Gasteiger charge is 2.16. The molecular weight excluding hydrogens is 504 g/mol. The number of anilines is 1. The number of nitrogens with one attached hydrogen (secondary N) is 2. The average molecular weight is 533 g/mol. The van der Waals surface area contributed by atoms with Gasteiger partial charge in [0.15, 0.2) is 5.78 Å². The number of amides is 2. The summed E-state index contributed by atoms with van der Waals surface area (Å²) in [7, 11) is 1.56. The Morgan fingerprint density at radius 1 is 0.921 bits per heavy atom. The number of carbonyl (C=O) groups is 4. The molecule has 0 saturated carbocycles. The second-order valence-electron chi connectivity index (χ2n) is 7.94. The van der Waals surface area contributed by atoms with E-state index in [1.54, 1.807) is 99.0 Å². The highest BCUT2D eigenvalue weighted by molar-refractivity contribution is 8.00. The summed E-state index contributed by atoms with van der Waals surface area (Å²) >= 11 is 1.25. The van der Waals surface area contributed by atoms with Gasteiger partial charge in [0, 0.05) is 16.1 Å². The number of ether oxygens (including phenoxy) is 2. The van der Waals surface area contributed by atoms with Crippen LogP contribution in [0.5, 0.6) is 5.75 Å². The molecule has 3 rings (SSSR count). The summed E-state index contributed by atoms with van der Waals surface area (Å²) in [5.74, 6) is -0.998. The van der Waals surface area contributed by atoms with Crippen molar-refractivity contribution in [3.8, 4) is 5.75 Å². The van der Waals surface area contributed by atoms with Gasteiger partial charge in [0.1, 0.15) is 17.9 Å². The molecule has 0 aliphatic carbocycles. The second-order valence-corrected chi connectivity index (χ2v) is 8.99. The van der Waals surface area contributed by atoms with Crippen LogP contribution in [0.4, 0.5) is 5.69 Å². The normalized spacial score (nSPS) is 10.8. The van der Waals surface area contributed by atoms with Crippen molar-refractivity contribution in [2.75, 3.05) is 24.8 Å². The molecule has 0 radical (unpaired) electrons. The second kappa shape index (κ2) is 14.4. The van der Waals surface area contributed by atoms with Crippen LogP contribution in [0.2, 0.25) is 0 Å². The maximum absolute atomic E-state index is 13.2. The molecule has 9 heteroatoms. The summed E-state index contributed by atoms with van der Waals surface area (Å²) in [6.07, 6.45) is 1.29. The molecule has 3 aromatic carbocycles. The van der Waals surface area contributed by atoms with Crippen LogP contribution in [0, 0.1) is 0 Å². The van der Waals surface area contributed by atoms with Crippen LogP contribution in [-0.4, -0.2) is 43.0 Å². The number of carbonyl (C=O) groups excluding carboxylic acids is 4. The number of esters is 1. The van der Waals surface area contributed by atoms with Gasteiger partial charge in [0.05, 0.1) is 19.5 Å². The van der Waals surface area contributed by atoms with Gasteiger partial charge in [-0.1, -0.05) is 36.4 Å². The minimum absolute atomic E-state index is 0.0479. The standard InChI is InChI=1S/C29H28N2O6S/c1-3-37-27(33)18-23(32)19-38-25-11-7-10-22(17-25)30-29(35)26(16-20-12-14-24(36-2)15-13-20)31-28(34)21-8-5-4-6-9-21/h4-17H,3,18-19H2,1-2H3,(H,30,35)(H,31,34)/b26-16+. The molecule has 0 bridgehead atoms. The Bertz CT molecular complexity index is 1310. The van der Waals surface area contributed by atoms with Crippen molar-refractivity contribution < 1.29 is 28.7 Å². The Hall–Kier alpha value is -4.37. The lowest BCUT2D eigenvalue weighted by molar-refractivity contribution is -0.145. The van der Waals surface area contributed by atoms with Gasteiger partial charge < -0.3 is 20.1 Å². The molecule has 3 aromatic rings. The third kappa shape index (κ3) is 8.94. The van der Waals surface area contributed by atoms with Crippen molar-refractivity contribution in [2.24, 2.45) is 0 Å². The predicted molar refractivity (Wildman–Crippen MR) is 147 cm³/mol. The number of benzene rings is 3. The lowest BCUT2D eigenvalue weighted by Crippen LogP contribution is -2.30. The Balaban J connectivity index is 1.74. The van der Waals surface area contributed by atoms with Crippen LogP contribution in [0.3, 0.4) is 0 Å². The number of ketones is 1. The third-order valence-corrected chi connectivity index (χ3v) is 6.15. The van der Waals surface area contributed by atoms with Crippen LogP contribution >= 0.6 is 11.8 Å². The Labute approximate surface area is 225 Å². The smallest absolute Gasteiger partial charge is 0.313 e. The van der Waals surface area contributed by atoms with E-state index in [9.17, 15) is 19.2 Å². The number of rotatable bonds is 12. The van der Waals surface area contributed by atoms with E-state index >= 15 is 0 Å². The molecule has 2 N–H and O–H groups in total. The lowest BCUT2D eigenvalue weighted by atomic mass is 10.1. The quantitative estimate of drug-likeness (QED) is 0.150. The predicted octanol–water partition coefficient (Wildman–Crippen LogP) is 4.72. The molecule has 0 spiro atoms. The molecule has 0 fully saturated rings. The SMILES string of the molecule is CCOC(=O)CC(=O)CSc1cccc(NC(=O)/C(=C\c2ccc(OC)cc2)NC(=O)c2ccccc2)c1. The molecule has 8 nitrogen and oxygen atoms in total. The van der Waals surface area contributed by atoms with E-state index in [1.165, 1.54) is 11.8 Å². The highest BCUT2D eigenvalue weighted by Crippen LogP contribution is 2.23. The summed E-state index contributed by atoms with van der Waals surface area (Å²) in [4.78, 5) is 50.3. The maximum Gasteiger partial charge on any atom is 0.313 e. The molecule has 0 atom stereocenters. The molecule has 0 saturated heterocycles. The molecule has 0 aliphatic rings. The Kier molecular flexibility index (Phi) is 10.7. The van der Waals surface area contributed by atoms with Gasteiger partial charge in [-0.05, 0) is 61.0 Å². The zero-order chi connectivity index (χ0) is 27.3. The monoisotopic (exact) mass is 532 g/mol. The Morgan fingerprint density at radius 2 is 1.66 bits per heavy atom. The first-order valence-corrected chi connectivity index (χ1v) is 12.8. The van der Waals surface area contributed by atoms with Crippen LogP contribution in [0.1, 0.15) is 29.3 Å². The van der Waals surface area contributed by atoms with Crippen molar-refractivity contribution in [1.29, 1.82) is 0 Å². The molecule has 0 aromatic heterocycles. The van der Waals surface area contributed by atoms with Gasteiger partial charge in [-0.15, -0.1) is 11.8 Å². The summed E-state index contributed by atoms with van der Waals surface area (Å²) in [6, 6.07) is 22.6. The van der Waals surface area contributed by atoms with Gasteiger partial charge >= 0.3 is 5.97 Å². The van der Waals surface area contributed by atoms with Gasteiger partial charge in [0.25, 0.3) is 11.8 Å². The molecule has 2 amide bonds. The fourth-order valence-electron chi connectivity index (χ4n) is 3.26. The van der Waals surface area contributed by atoms with Gasteiger partial charge in [-0.25, -0.2) is 0 Å². The highest BCUT2D eigenvalue weighted by atomic mass is 32.2. The fourth-order valence-corrected chi connectivity index (χ4v) is 4.07. The van der Waals surface area contributed by atoms with Crippen LogP contribution in [0.25, 0.3) is 6.08 Å². The van der Waals surface area contributed by atoms with Crippen molar-refractivity contribution in [3.63, 3.8) is 0 Å². The number of Topliss-reactive ketones (excluding diaryl/α,β-unsaturated/α-hetero) is 1. The number of hydrogen-bond donors (Lipinski definition) is 2. The summed E-state index contributed by atoms with van der Waals surface area (Å²) < 4.78 is 9.98.